The minimum atomic E-state index is -2.19. The standard InChI is InChI=1S/C17H22N2O7/c20-7-13-14(21)15(22)17(25,26-13)8-19-12(16(23)24)5-9-6-18-11-4-2-1-3-10(9)11/h1-4,6,12-15,18-22,25H,5,7-8H2,(H,23,24)/t12-,13+,14+,15-,17?/m0/s1. The van der Waals surface area contributed by atoms with Crippen LogP contribution in [0.15, 0.2) is 30.5 Å². The third kappa shape index (κ3) is 3.45. The van der Waals surface area contributed by atoms with Crippen molar-refractivity contribution < 1.29 is 35.1 Å². The van der Waals surface area contributed by atoms with Gasteiger partial charge in [0.15, 0.2) is 0 Å². The van der Waals surface area contributed by atoms with Gasteiger partial charge in [0.05, 0.1) is 13.2 Å². The molecule has 1 aromatic carbocycles. The molecule has 1 unspecified atom stereocenters. The Kier molecular flexibility index (Phi) is 5.28. The first kappa shape index (κ1) is 18.8. The number of aliphatic hydroxyl groups is 4. The van der Waals surface area contributed by atoms with E-state index in [0.29, 0.717) is 0 Å². The van der Waals surface area contributed by atoms with E-state index in [1.807, 2.05) is 24.3 Å². The van der Waals surface area contributed by atoms with E-state index in [-0.39, 0.29) is 6.42 Å². The van der Waals surface area contributed by atoms with Crippen molar-refractivity contribution >= 4 is 16.9 Å². The number of para-hydroxylation sites is 1. The molecule has 1 aliphatic heterocycles. The molecule has 9 heteroatoms. The number of aliphatic carboxylic acids is 1. The highest BCUT2D eigenvalue weighted by Crippen LogP contribution is 2.29. The molecule has 3 rings (SSSR count). The zero-order chi connectivity index (χ0) is 18.9. The van der Waals surface area contributed by atoms with E-state index in [1.54, 1.807) is 6.20 Å². The van der Waals surface area contributed by atoms with Gasteiger partial charge in [0.1, 0.15) is 24.4 Å². The number of benzene rings is 1. The van der Waals surface area contributed by atoms with Crippen LogP contribution in [-0.2, 0) is 16.0 Å². The predicted molar refractivity (Wildman–Crippen MR) is 90.4 cm³/mol. The van der Waals surface area contributed by atoms with Crippen LogP contribution in [0.2, 0.25) is 0 Å². The number of carboxylic acid groups (broad SMARTS) is 1. The maximum Gasteiger partial charge on any atom is 0.321 e. The van der Waals surface area contributed by atoms with Crippen LogP contribution >= 0.6 is 0 Å². The maximum atomic E-state index is 11.6. The van der Waals surface area contributed by atoms with Crippen LogP contribution < -0.4 is 5.32 Å². The fourth-order valence-corrected chi connectivity index (χ4v) is 3.20. The lowest BCUT2D eigenvalue weighted by molar-refractivity contribution is -0.227. The van der Waals surface area contributed by atoms with Gasteiger partial charge >= 0.3 is 5.97 Å². The van der Waals surface area contributed by atoms with Gasteiger partial charge in [-0.15, -0.1) is 0 Å². The largest absolute Gasteiger partial charge is 0.480 e. The first-order valence-electron chi connectivity index (χ1n) is 8.24. The van der Waals surface area contributed by atoms with Crippen LogP contribution in [-0.4, -0.2) is 79.8 Å². The van der Waals surface area contributed by atoms with Crippen LogP contribution in [0.25, 0.3) is 10.9 Å². The van der Waals surface area contributed by atoms with Gasteiger partial charge < -0.3 is 35.3 Å². The number of aromatic amines is 1. The second kappa shape index (κ2) is 7.31. The number of fused-ring (bicyclic) bond motifs is 1. The molecule has 142 valence electrons. The Balaban J connectivity index is 1.71. The topological polar surface area (TPSA) is 155 Å². The fraction of sp³-hybridized carbons (Fsp3) is 0.471. The number of aromatic nitrogens is 1. The third-order valence-corrected chi connectivity index (χ3v) is 4.70. The van der Waals surface area contributed by atoms with E-state index < -0.39 is 49.3 Å². The van der Waals surface area contributed by atoms with Gasteiger partial charge in [-0.25, -0.2) is 0 Å². The second-order valence-electron chi connectivity index (χ2n) is 6.45. The van der Waals surface area contributed by atoms with Crippen molar-refractivity contribution in [2.45, 2.75) is 36.6 Å². The number of hydrogen-bond acceptors (Lipinski definition) is 7. The summed E-state index contributed by atoms with van der Waals surface area (Å²) in [6.45, 7) is -1.01. The lowest BCUT2D eigenvalue weighted by atomic mass is 10.0. The lowest BCUT2D eigenvalue weighted by Gasteiger charge is -2.28. The maximum absolute atomic E-state index is 11.6. The Hall–Kier alpha value is -2.01. The predicted octanol–water partition coefficient (Wildman–Crippen LogP) is -1.45. The van der Waals surface area contributed by atoms with E-state index >= 15 is 0 Å². The molecule has 0 spiro atoms. The summed E-state index contributed by atoms with van der Waals surface area (Å²) in [6, 6.07) is 6.42. The number of carboxylic acids is 1. The number of rotatable bonds is 7. The van der Waals surface area contributed by atoms with Gasteiger partial charge in [-0.1, -0.05) is 18.2 Å². The first-order chi connectivity index (χ1) is 12.4. The van der Waals surface area contributed by atoms with Crippen molar-refractivity contribution in [2.24, 2.45) is 0 Å². The molecule has 1 aliphatic rings. The Labute approximate surface area is 148 Å². The van der Waals surface area contributed by atoms with Crippen LogP contribution in [0.1, 0.15) is 5.56 Å². The molecule has 2 aromatic rings. The van der Waals surface area contributed by atoms with Gasteiger partial charge in [0.25, 0.3) is 0 Å². The van der Waals surface area contributed by atoms with Crippen molar-refractivity contribution in [3.8, 4) is 0 Å². The molecule has 7 N–H and O–H groups in total. The van der Waals surface area contributed by atoms with E-state index in [2.05, 4.69) is 10.3 Å². The summed E-state index contributed by atoms with van der Waals surface area (Å²) < 4.78 is 5.10. The highest BCUT2D eigenvalue weighted by Gasteiger charge is 2.53. The van der Waals surface area contributed by atoms with Crippen LogP contribution in [0.5, 0.6) is 0 Å². The zero-order valence-corrected chi connectivity index (χ0v) is 13.9. The zero-order valence-electron chi connectivity index (χ0n) is 13.9. The molecule has 9 nitrogen and oxygen atoms in total. The number of aliphatic hydroxyl groups excluding tert-OH is 3. The Morgan fingerprint density at radius 1 is 1.35 bits per heavy atom. The molecule has 1 fully saturated rings. The first-order valence-corrected chi connectivity index (χ1v) is 8.24. The van der Waals surface area contributed by atoms with Crippen LogP contribution in [0, 0.1) is 0 Å². The Morgan fingerprint density at radius 3 is 2.73 bits per heavy atom. The number of hydrogen-bond donors (Lipinski definition) is 7. The Bertz CT molecular complexity index is 779. The van der Waals surface area contributed by atoms with Crippen molar-refractivity contribution in [3.05, 3.63) is 36.0 Å². The molecular formula is C17H22N2O7. The number of H-pyrrole nitrogens is 1. The van der Waals surface area contributed by atoms with Gasteiger partial charge in [-0.3, -0.25) is 10.1 Å². The van der Waals surface area contributed by atoms with E-state index in [4.69, 9.17) is 9.84 Å². The summed E-state index contributed by atoms with van der Waals surface area (Å²) in [5.74, 6) is -3.33. The molecule has 0 bridgehead atoms. The molecule has 0 amide bonds. The van der Waals surface area contributed by atoms with Gasteiger partial charge in [-0.05, 0) is 11.6 Å². The summed E-state index contributed by atoms with van der Waals surface area (Å²) in [5.41, 5.74) is 1.67. The summed E-state index contributed by atoms with van der Waals surface area (Å²) in [6.07, 6.45) is -2.42. The second-order valence-corrected chi connectivity index (χ2v) is 6.45. The van der Waals surface area contributed by atoms with Crippen LogP contribution in [0.4, 0.5) is 0 Å². The molecular weight excluding hydrogens is 344 g/mol. The molecule has 1 saturated heterocycles. The van der Waals surface area contributed by atoms with Crippen molar-refractivity contribution in [2.75, 3.05) is 13.2 Å². The highest BCUT2D eigenvalue weighted by molar-refractivity contribution is 5.84. The monoisotopic (exact) mass is 366 g/mol. The number of nitrogens with one attached hydrogen (secondary N) is 2. The lowest BCUT2D eigenvalue weighted by Crippen LogP contribution is -2.54. The van der Waals surface area contributed by atoms with E-state index in [0.717, 1.165) is 16.5 Å². The quantitative estimate of drug-likeness (QED) is 0.314. The molecule has 0 saturated carbocycles. The summed E-state index contributed by atoms with van der Waals surface area (Å²) in [7, 11) is 0. The molecule has 5 atom stereocenters. The minimum Gasteiger partial charge on any atom is -0.480 e. The van der Waals surface area contributed by atoms with Gasteiger partial charge in [0.2, 0.25) is 5.79 Å². The minimum absolute atomic E-state index is 0.136. The third-order valence-electron chi connectivity index (χ3n) is 4.70. The van der Waals surface area contributed by atoms with E-state index in [1.165, 1.54) is 0 Å². The average molecular weight is 366 g/mol. The summed E-state index contributed by atoms with van der Waals surface area (Å²) >= 11 is 0. The molecule has 1 aromatic heterocycles. The van der Waals surface area contributed by atoms with E-state index in [9.17, 15) is 25.2 Å². The summed E-state index contributed by atoms with van der Waals surface area (Å²) in [4.78, 5) is 14.7. The van der Waals surface area contributed by atoms with Crippen molar-refractivity contribution in [1.29, 1.82) is 0 Å². The van der Waals surface area contributed by atoms with Crippen molar-refractivity contribution in [1.82, 2.24) is 10.3 Å². The van der Waals surface area contributed by atoms with Gasteiger partial charge in [0, 0.05) is 23.5 Å². The summed E-state index contributed by atoms with van der Waals surface area (Å²) in [5, 5.41) is 52.2. The van der Waals surface area contributed by atoms with Gasteiger partial charge in [-0.2, -0.15) is 0 Å². The SMILES string of the molecule is O=C(O)[C@H](Cc1c[nH]c2ccccc12)NCC1(O)O[C@H](CO)[C@@H](O)[C@@H]1O. The normalized spacial score (nSPS) is 29.9. The number of carbonyl (C=O) groups is 1. The Morgan fingerprint density at radius 2 is 2.08 bits per heavy atom. The molecule has 0 radical (unpaired) electrons. The van der Waals surface area contributed by atoms with Crippen LogP contribution in [0.3, 0.4) is 0 Å². The smallest absolute Gasteiger partial charge is 0.321 e. The fourth-order valence-electron chi connectivity index (χ4n) is 3.20. The molecule has 2 heterocycles. The molecule has 26 heavy (non-hydrogen) atoms. The average Bonchev–Trinajstić information content (AvgIpc) is 3.13. The molecule has 0 aliphatic carbocycles. The van der Waals surface area contributed by atoms with Crippen molar-refractivity contribution in [3.63, 3.8) is 0 Å². The highest BCUT2D eigenvalue weighted by atomic mass is 16.7. The number of ether oxygens (including phenoxy) is 1.